The van der Waals surface area contributed by atoms with E-state index in [0.717, 1.165) is 21.4 Å². The maximum atomic E-state index is 13.7. The molecule has 7 nitrogen and oxygen atoms in total. The summed E-state index contributed by atoms with van der Waals surface area (Å²) < 4.78 is 42.2. The summed E-state index contributed by atoms with van der Waals surface area (Å²) in [7, 11) is -3.63. The van der Waals surface area contributed by atoms with Crippen molar-refractivity contribution >= 4 is 37.6 Å². The normalized spacial score (nSPS) is 16.9. The lowest BCUT2D eigenvalue weighted by Gasteiger charge is -2.23. The van der Waals surface area contributed by atoms with E-state index in [9.17, 15) is 17.6 Å². The first kappa shape index (κ1) is 20.1. The number of urea groups is 1. The molecular formula is C21H19FN4O3S2. The van der Waals surface area contributed by atoms with E-state index >= 15 is 0 Å². The molecule has 31 heavy (non-hydrogen) atoms. The average molecular weight is 459 g/mol. The molecule has 0 atom stereocenters. The van der Waals surface area contributed by atoms with Crippen LogP contribution in [-0.4, -0.2) is 54.8 Å². The summed E-state index contributed by atoms with van der Waals surface area (Å²) in [6, 6.07) is 11.0. The number of benzene rings is 2. The Bertz CT molecular complexity index is 1300. The zero-order valence-corrected chi connectivity index (χ0v) is 18.0. The molecule has 1 aromatic heterocycles. The second-order valence-corrected chi connectivity index (χ2v) is 10.4. The number of hydrogen-bond acceptors (Lipinski definition) is 5. The summed E-state index contributed by atoms with van der Waals surface area (Å²) in [5, 5.41) is 2.74. The highest BCUT2D eigenvalue weighted by molar-refractivity contribution is 7.89. The van der Waals surface area contributed by atoms with Crippen molar-refractivity contribution in [3.63, 3.8) is 0 Å². The van der Waals surface area contributed by atoms with E-state index in [-0.39, 0.29) is 36.4 Å². The highest BCUT2D eigenvalue weighted by Gasteiger charge is 2.37. The molecule has 2 aliphatic rings. The highest BCUT2D eigenvalue weighted by atomic mass is 32.2. The number of thiazole rings is 1. The van der Waals surface area contributed by atoms with E-state index in [1.165, 1.54) is 21.7 Å². The number of carbonyl (C=O) groups is 1. The summed E-state index contributed by atoms with van der Waals surface area (Å²) in [4.78, 5) is 18.6. The molecule has 160 valence electrons. The Morgan fingerprint density at radius 2 is 1.84 bits per heavy atom. The third kappa shape index (κ3) is 3.71. The Hall–Kier alpha value is -2.82. The first-order valence-electron chi connectivity index (χ1n) is 9.71. The number of nitrogens with zero attached hydrogens (tertiary/aromatic N) is 3. The zero-order valence-electron chi connectivity index (χ0n) is 16.4. The van der Waals surface area contributed by atoms with E-state index in [1.54, 1.807) is 46.8 Å². The fourth-order valence-electron chi connectivity index (χ4n) is 3.93. The summed E-state index contributed by atoms with van der Waals surface area (Å²) >= 11 is 1.41. The van der Waals surface area contributed by atoms with Crippen LogP contribution in [0.25, 0.3) is 10.2 Å². The van der Waals surface area contributed by atoms with Gasteiger partial charge in [0.25, 0.3) is 0 Å². The number of rotatable bonds is 4. The van der Waals surface area contributed by atoms with Gasteiger partial charge in [-0.2, -0.15) is 4.31 Å². The van der Waals surface area contributed by atoms with Gasteiger partial charge in [0.1, 0.15) is 5.82 Å². The van der Waals surface area contributed by atoms with Gasteiger partial charge in [0, 0.05) is 38.3 Å². The van der Waals surface area contributed by atoms with Crippen LogP contribution in [0.5, 0.6) is 0 Å². The molecule has 0 radical (unpaired) electrons. The maximum Gasteiger partial charge on any atom is 0.318 e. The van der Waals surface area contributed by atoms with Crippen LogP contribution in [-0.2, 0) is 16.6 Å². The van der Waals surface area contributed by atoms with E-state index in [1.807, 2.05) is 0 Å². The first-order chi connectivity index (χ1) is 14.9. The predicted octanol–water partition coefficient (Wildman–Crippen LogP) is 2.96. The maximum absolute atomic E-state index is 13.7. The molecule has 3 heterocycles. The van der Waals surface area contributed by atoms with Crippen molar-refractivity contribution < 1.29 is 17.6 Å². The van der Waals surface area contributed by atoms with Gasteiger partial charge in [-0.3, -0.25) is 0 Å². The van der Waals surface area contributed by atoms with E-state index in [2.05, 4.69) is 10.3 Å². The van der Waals surface area contributed by atoms with Crippen LogP contribution >= 0.6 is 11.3 Å². The third-order valence-electron chi connectivity index (χ3n) is 5.61. The molecule has 0 saturated carbocycles. The molecule has 5 rings (SSSR count). The monoisotopic (exact) mass is 458 g/mol. The molecule has 0 bridgehead atoms. The van der Waals surface area contributed by atoms with Crippen molar-refractivity contribution in [2.75, 3.05) is 26.2 Å². The van der Waals surface area contributed by atoms with Crippen molar-refractivity contribution in [2.45, 2.75) is 11.4 Å². The minimum atomic E-state index is -3.63. The molecule has 2 amide bonds. The Morgan fingerprint density at radius 1 is 1.10 bits per heavy atom. The lowest BCUT2D eigenvalue weighted by atomic mass is 10.2. The topological polar surface area (TPSA) is 82.6 Å². The summed E-state index contributed by atoms with van der Waals surface area (Å²) in [5.41, 5.74) is 4.79. The number of halogens is 1. The molecule has 0 unspecified atom stereocenters. The highest BCUT2D eigenvalue weighted by Crippen LogP contribution is 2.31. The van der Waals surface area contributed by atoms with Gasteiger partial charge in [0.2, 0.25) is 10.0 Å². The van der Waals surface area contributed by atoms with Gasteiger partial charge in [-0.25, -0.2) is 22.6 Å². The SMILES string of the molecule is O=C(NCc1ccccc1F)N1CC2=C(C1)CN(S(=O)(=O)c1ccc3ncsc3c1)C2. The minimum Gasteiger partial charge on any atom is -0.334 e. The van der Waals surface area contributed by atoms with E-state index in [4.69, 9.17) is 0 Å². The zero-order chi connectivity index (χ0) is 21.6. The lowest BCUT2D eigenvalue weighted by molar-refractivity contribution is 0.207. The molecule has 0 saturated heterocycles. The Morgan fingerprint density at radius 3 is 2.58 bits per heavy atom. The average Bonchev–Trinajstić information content (AvgIpc) is 3.47. The molecule has 2 aliphatic heterocycles. The van der Waals surface area contributed by atoms with E-state index < -0.39 is 10.0 Å². The van der Waals surface area contributed by atoms with Gasteiger partial charge in [-0.15, -0.1) is 11.3 Å². The molecule has 1 N–H and O–H groups in total. The van der Waals surface area contributed by atoms with Gasteiger partial charge in [-0.1, -0.05) is 18.2 Å². The molecule has 0 spiro atoms. The number of nitrogens with one attached hydrogen (secondary N) is 1. The molecular weight excluding hydrogens is 439 g/mol. The quantitative estimate of drug-likeness (QED) is 0.610. The van der Waals surface area contributed by atoms with Crippen LogP contribution in [0, 0.1) is 5.82 Å². The van der Waals surface area contributed by atoms with Gasteiger partial charge < -0.3 is 10.2 Å². The standard InChI is InChI=1S/C21H19FN4O3S2/c22-18-4-2-1-3-14(18)8-23-21(27)25-9-15-11-26(12-16(15)10-25)31(28,29)17-5-6-19-20(7-17)30-13-24-19/h1-7,13H,8-12H2,(H,23,27). The number of aromatic nitrogens is 1. The number of amides is 2. The first-order valence-corrected chi connectivity index (χ1v) is 12.0. The summed E-state index contributed by atoms with van der Waals surface area (Å²) in [6.45, 7) is 1.40. The van der Waals surface area contributed by atoms with Crippen LogP contribution in [0.3, 0.4) is 0 Å². The molecule has 2 aromatic carbocycles. The van der Waals surface area contributed by atoms with Crippen molar-refractivity contribution in [2.24, 2.45) is 0 Å². The second kappa shape index (κ2) is 7.70. The number of fused-ring (bicyclic) bond motifs is 1. The van der Waals surface area contributed by atoms with E-state index in [0.29, 0.717) is 18.7 Å². The minimum absolute atomic E-state index is 0.104. The van der Waals surface area contributed by atoms with Crippen LogP contribution in [0.4, 0.5) is 9.18 Å². The fourth-order valence-corrected chi connectivity index (χ4v) is 6.18. The lowest BCUT2D eigenvalue weighted by Crippen LogP contribution is -2.41. The fraction of sp³-hybridized carbons (Fsp3) is 0.238. The summed E-state index contributed by atoms with van der Waals surface area (Å²) in [6.07, 6.45) is 0. The Kier molecular flexibility index (Phi) is 4.99. The van der Waals surface area contributed by atoms with Crippen molar-refractivity contribution in [1.82, 2.24) is 19.5 Å². The van der Waals surface area contributed by atoms with Gasteiger partial charge >= 0.3 is 6.03 Å². The number of hydrogen-bond donors (Lipinski definition) is 1. The number of carbonyl (C=O) groups excluding carboxylic acids is 1. The van der Waals surface area contributed by atoms with Crippen molar-refractivity contribution in [3.05, 3.63) is 70.5 Å². The van der Waals surface area contributed by atoms with Crippen molar-refractivity contribution in [1.29, 1.82) is 0 Å². The molecule has 0 aliphatic carbocycles. The largest absolute Gasteiger partial charge is 0.334 e. The number of sulfonamides is 1. The van der Waals surface area contributed by atoms with Crippen LogP contribution < -0.4 is 5.32 Å². The molecule has 0 fully saturated rings. The van der Waals surface area contributed by atoms with Crippen LogP contribution in [0.15, 0.2) is 64.0 Å². The third-order valence-corrected chi connectivity index (χ3v) is 8.19. The van der Waals surface area contributed by atoms with Gasteiger partial charge in [-0.05, 0) is 35.4 Å². The smallest absolute Gasteiger partial charge is 0.318 e. The Balaban J connectivity index is 1.21. The second-order valence-electron chi connectivity index (χ2n) is 7.57. The van der Waals surface area contributed by atoms with Gasteiger partial charge in [0.05, 0.1) is 20.6 Å². The summed E-state index contributed by atoms with van der Waals surface area (Å²) in [5.74, 6) is -0.359. The predicted molar refractivity (Wildman–Crippen MR) is 116 cm³/mol. The Labute approximate surface area is 182 Å². The van der Waals surface area contributed by atoms with Crippen LogP contribution in [0.1, 0.15) is 5.56 Å². The molecule has 10 heteroatoms. The van der Waals surface area contributed by atoms with Crippen LogP contribution in [0.2, 0.25) is 0 Å². The van der Waals surface area contributed by atoms with Gasteiger partial charge in [0.15, 0.2) is 0 Å². The van der Waals surface area contributed by atoms with Crippen molar-refractivity contribution in [3.8, 4) is 0 Å². The molecule has 3 aromatic rings.